The van der Waals surface area contributed by atoms with Crippen LogP contribution in [-0.4, -0.2) is 31.5 Å². The largest absolute Gasteiger partial charge is 0.493 e. The Morgan fingerprint density at radius 3 is 2.44 bits per heavy atom. The van der Waals surface area contributed by atoms with Gasteiger partial charge in [-0.25, -0.2) is 4.79 Å². The van der Waals surface area contributed by atoms with Gasteiger partial charge in [-0.2, -0.15) is 5.10 Å². The van der Waals surface area contributed by atoms with Gasteiger partial charge in [0.15, 0.2) is 16.6 Å². The van der Waals surface area contributed by atoms with Crippen LogP contribution in [0.15, 0.2) is 71.8 Å². The van der Waals surface area contributed by atoms with Gasteiger partial charge in [-0.3, -0.25) is 5.43 Å². The predicted molar refractivity (Wildman–Crippen MR) is 129 cm³/mol. The third-order valence-corrected chi connectivity index (χ3v) is 4.60. The quantitative estimate of drug-likeness (QED) is 0.167. The number of ether oxygens (including phenoxy) is 3. The van der Waals surface area contributed by atoms with E-state index in [0.29, 0.717) is 32.9 Å². The fourth-order valence-corrected chi connectivity index (χ4v) is 3.00. The Morgan fingerprint density at radius 2 is 1.75 bits per heavy atom. The lowest BCUT2D eigenvalue weighted by Gasteiger charge is -2.09. The lowest BCUT2D eigenvalue weighted by atomic mass is 10.2. The first kappa shape index (κ1) is 23.1. The van der Waals surface area contributed by atoms with Crippen molar-refractivity contribution in [3.05, 3.63) is 82.9 Å². The van der Waals surface area contributed by atoms with Gasteiger partial charge < -0.3 is 19.5 Å². The van der Waals surface area contributed by atoms with Crippen LogP contribution in [0.25, 0.3) is 0 Å². The van der Waals surface area contributed by atoms with Gasteiger partial charge in [0.2, 0.25) is 0 Å². The number of rotatable bonds is 7. The van der Waals surface area contributed by atoms with Crippen LogP contribution in [-0.2, 0) is 0 Å². The molecule has 0 aliphatic rings. The number of nitrogens with zero attached hydrogens (tertiary/aromatic N) is 1. The Labute approximate surface area is 195 Å². The topological polar surface area (TPSA) is 81.2 Å². The zero-order chi connectivity index (χ0) is 22.9. The molecule has 3 rings (SSSR count). The van der Waals surface area contributed by atoms with Crippen molar-refractivity contribution < 1.29 is 19.0 Å². The summed E-state index contributed by atoms with van der Waals surface area (Å²) in [6, 6.07) is 18.9. The van der Waals surface area contributed by atoms with Crippen molar-refractivity contribution in [2.24, 2.45) is 5.10 Å². The van der Waals surface area contributed by atoms with Gasteiger partial charge in [0.05, 0.1) is 26.0 Å². The van der Waals surface area contributed by atoms with Gasteiger partial charge >= 0.3 is 5.97 Å². The van der Waals surface area contributed by atoms with Gasteiger partial charge in [-0.05, 0) is 78.4 Å². The zero-order valence-electron chi connectivity index (χ0n) is 17.3. The molecule has 2 N–H and O–H groups in total. The number of hydrogen-bond donors (Lipinski definition) is 2. The first-order chi connectivity index (χ1) is 15.5. The minimum absolute atomic E-state index is 0.323. The van der Waals surface area contributed by atoms with Gasteiger partial charge in [0.1, 0.15) is 5.75 Å². The monoisotopic (exact) mass is 469 g/mol. The molecule has 0 heterocycles. The molecule has 0 aromatic heterocycles. The van der Waals surface area contributed by atoms with Crippen molar-refractivity contribution in [1.82, 2.24) is 5.43 Å². The zero-order valence-corrected chi connectivity index (χ0v) is 18.9. The summed E-state index contributed by atoms with van der Waals surface area (Å²) in [6.45, 7) is 0. The molecule has 0 aliphatic heterocycles. The molecule has 0 atom stereocenters. The molecule has 9 heteroatoms. The van der Waals surface area contributed by atoms with Crippen LogP contribution in [0, 0.1) is 0 Å². The van der Waals surface area contributed by atoms with E-state index in [-0.39, 0.29) is 0 Å². The van der Waals surface area contributed by atoms with Crippen LogP contribution in [0.3, 0.4) is 0 Å². The SMILES string of the molecule is COc1ccc(C(=O)Oc2ccc(/C=N\NC(=S)Nc3cccc(Cl)c3)cc2)cc1OC. The summed E-state index contributed by atoms with van der Waals surface area (Å²) in [5.41, 5.74) is 4.61. The van der Waals surface area contributed by atoms with Gasteiger partial charge in [0, 0.05) is 10.7 Å². The number of nitrogens with one attached hydrogen (secondary N) is 2. The van der Waals surface area contributed by atoms with Crippen molar-refractivity contribution in [1.29, 1.82) is 0 Å². The van der Waals surface area contributed by atoms with Gasteiger partial charge in [-0.15, -0.1) is 0 Å². The summed E-state index contributed by atoms with van der Waals surface area (Å²) in [5, 5.41) is 7.99. The first-order valence-electron chi connectivity index (χ1n) is 9.38. The average Bonchev–Trinajstić information content (AvgIpc) is 2.79. The second-order valence-electron chi connectivity index (χ2n) is 6.36. The number of carbonyl (C=O) groups is 1. The highest BCUT2D eigenvalue weighted by Crippen LogP contribution is 2.28. The minimum Gasteiger partial charge on any atom is -0.493 e. The van der Waals surface area contributed by atoms with Crippen molar-refractivity contribution in [2.45, 2.75) is 0 Å². The molecule has 0 fully saturated rings. The van der Waals surface area contributed by atoms with E-state index < -0.39 is 5.97 Å². The van der Waals surface area contributed by atoms with Crippen LogP contribution in [0.5, 0.6) is 17.2 Å². The molecule has 0 radical (unpaired) electrons. The Bertz CT molecular complexity index is 1140. The molecule has 164 valence electrons. The number of benzene rings is 3. The van der Waals surface area contributed by atoms with Crippen LogP contribution in [0.2, 0.25) is 5.02 Å². The molecule has 0 amide bonds. The van der Waals surface area contributed by atoms with Crippen molar-refractivity contribution in [2.75, 3.05) is 19.5 Å². The Balaban J connectivity index is 1.54. The highest BCUT2D eigenvalue weighted by molar-refractivity contribution is 7.80. The van der Waals surface area contributed by atoms with Crippen LogP contribution >= 0.6 is 23.8 Å². The number of hydrogen-bond acceptors (Lipinski definition) is 6. The second-order valence-corrected chi connectivity index (χ2v) is 7.21. The van der Waals surface area contributed by atoms with E-state index in [0.717, 1.165) is 11.3 Å². The van der Waals surface area contributed by atoms with Crippen LogP contribution in [0.4, 0.5) is 5.69 Å². The summed E-state index contributed by atoms with van der Waals surface area (Å²) in [4.78, 5) is 12.4. The van der Waals surface area contributed by atoms with Gasteiger partial charge in [-0.1, -0.05) is 17.7 Å². The molecule has 0 bridgehead atoms. The molecule has 3 aromatic carbocycles. The molecular weight excluding hydrogens is 450 g/mol. The average molecular weight is 470 g/mol. The first-order valence-corrected chi connectivity index (χ1v) is 10.2. The molecule has 0 saturated heterocycles. The maximum absolute atomic E-state index is 12.4. The summed E-state index contributed by atoms with van der Waals surface area (Å²) in [6.07, 6.45) is 1.59. The summed E-state index contributed by atoms with van der Waals surface area (Å²) >= 11 is 11.1. The van der Waals surface area contributed by atoms with Crippen LogP contribution in [0.1, 0.15) is 15.9 Å². The number of hydrazone groups is 1. The van der Waals surface area contributed by atoms with E-state index >= 15 is 0 Å². The van der Waals surface area contributed by atoms with Gasteiger partial charge in [0.25, 0.3) is 0 Å². The number of esters is 1. The summed E-state index contributed by atoms with van der Waals surface area (Å²) < 4.78 is 15.8. The fraction of sp³-hybridized carbons (Fsp3) is 0.0870. The normalized spacial score (nSPS) is 10.5. The summed E-state index contributed by atoms with van der Waals surface area (Å²) in [5.74, 6) is 0.867. The van der Waals surface area contributed by atoms with Crippen molar-refractivity contribution in [3.63, 3.8) is 0 Å². The number of thiocarbonyl (C=S) groups is 1. The van der Waals surface area contributed by atoms with Crippen molar-refractivity contribution in [3.8, 4) is 17.2 Å². The second kappa shape index (κ2) is 11.1. The van der Waals surface area contributed by atoms with Crippen LogP contribution < -0.4 is 25.0 Å². The standard InChI is InChI=1S/C23H20ClN3O4S/c1-29-20-11-8-16(12-21(20)30-2)22(28)31-19-9-6-15(7-10-19)14-25-27-23(32)26-18-5-3-4-17(24)13-18/h3-14H,1-2H3,(H2,26,27,32)/b25-14-. The third-order valence-electron chi connectivity index (χ3n) is 4.17. The Hall–Kier alpha value is -3.62. The van der Waals surface area contributed by atoms with E-state index in [1.165, 1.54) is 14.2 Å². The lowest BCUT2D eigenvalue weighted by Crippen LogP contribution is -2.23. The predicted octanol–water partition coefficient (Wildman–Crippen LogP) is 4.90. The molecule has 3 aromatic rings. The van der Waals surface area contributed by atoms with E-state index in [9.17, 15) is 4.79 Å². The number of methoxy groups -OCH3 is 2. The third kappa shape index (κ3) is 6.44. The minimum atomic E-state index is -0.508. The van der Waals surface area contributed by atoms with Crippen molar-refractivity contribution >= 4 is 46.8 Å². The maximum Gasteiger partial charge on any atom is 0.343 e. The smallest absolute Gasteiger partial charge is 0.343 e. The fourth-order valence-electron chi connectivity index (χ4n) is 2.64. The molecule has 32 heavy (non-hydrogen) atoms. The highest BCUT2D eigenvalue weighted by Gasteiger charge is 2.12. The summed E-state index contributed by atoms with van der Waals surface area (Å²) in [7, 11) is 3.03. The number of carbonyl (C=O) groups excluding carboxylic acids is 1. The van der Waals surface area contributed by atoms with E-state index in [4.69, 9.17) is 38.0 Å². The molecule has 0 saturated carbocycles. The Kier molecular flexibility index (Phi) is 8.02. The maximum atomic E-state index is 12.4. The Morgan fingerprint density at radius 1 is 1.00 bits per heavy atom. The van der Waals surface area contributed by atoms with E-state index in [2.05, 4.69) is 15.8 Å². The lowest BCUT2D eigenvalue weighted by molar-refractivity contribution is 0.0734. The molecule has 0 aliphatic carbocycles. The highest BCUT2D eigenvalue weighted by atomic mass is 35.5. The molecular formula is C23H20ClN3O4S. The molecule has 0 unspecified atom stereocenters. The van der Waals surface area contributed by atoms with E-state index in [1.54, 1.807) is 60.8 Å². The molecule has 0 spiro atoms. The number of halogens is 1. The number of anilines is 1. The van der Waals surface area contributed by atoms with E-state index in [1.807, 2.05) is 12.1 Å². The molecule has 7 nitrogen and oxygen atoms in total.